The zero-order valence-corrected chi connectivity index (χ0v) is 24.5. The van der Waals surface area contributed by atoms with Gasteiger partial charge in [-0.2, -0.15) is 0 Å². The van der Waals surface area contributed by atoms with Gasteiger partial charge in [0, 0.05) is 30.4 Å². The fraction of sp³-hybridized carbons (Fsp3) is 0.581. The number of amides is 3. The molecule has 0 radical (unpaired) electrons. The molecule has 39 heavy (non-hydrogen) atoms. The van der Waals surface area contributed by atoms with Gasteiger partial charge in [0.15, 0.2) is 0 Å². The minimum Gasteiger partial charge on any atom is -0.394 e. The summed E-state index contributed by atoms with van der Waals surface area (Å²) in [5.41, 5.74) is 1.01. The molecular formula is C31H43N3O4S. The summed E-state index contributed by atoms with van der Waals surface area (Å²) in [5, 5.41) is 10.3. The van der Waals surface area contributed by atoms with Crippen LogP contribution in [0.15, 0.2) is 55.6 Å². The van der Waals surface area contributed by atoms with Crippen molar-refractivity contribution in [1.82, 2.24) is 14.7 Å². The van der Waals surface area contributed by atoms with E-state index in [0.717, 1.165) is 12.0 Å². The Morgan fingerprint density at radius 1 is 1.15 bits per heavy atom. The molecule has 8 heteroatoms. The quantitative estimate of drug-likeness (QED) is 0.398. The van der Waals surface area contributed by atoms with E-state index in [1.807, 2.05) is 51.1 Å². The molecule has 3 saturated heterocycles. The van der Waals surface area contributed by atoms with Crippen LogP contribution in [0.4, 0.5) is 0 Å². The third kappa shape index (κ3) is 4.84. The van der Waals surface area contributed by atoms with E-state index in [0.29, 0.717) is 32.5 Å². The second kappa shape index (κ2) is 11.5. The summed E-state index contributed by atoms with van der Waals surface area (Å²) in [6, 6.07) is 8.53. The first-order valence-corrected chi connectivity index (χ1v) is 14.9. The van der Waals surface area contributed by atoms with Gasteiger partial charge >= 0.3 is 0 Å². The molecule has 7 nitrogen and oxygen atoms in total. The van der Waals surface area contributed by atoms with Crippen LogP contribution in [0.25, 0.3) is 0 Å². The molecule has 2 unspecified atom stereocenters. The SMILES string of the molecule is C=CCN(Cc1ccccc1)C(=O)[C@H]1[C@H]2C(=O)N([C@@H](CC)CO)C(C(=O)N(CC=C)C(C)C)C23CC[C@]1(C)S3. The Morgan fingerprint density at radius 2 is 1.82 bits per heavy atom. The summed E-state index contributed by atoms with van der Waals surface area (Å²) < 4.78 is -1.17. The summed E-state index contributed by atoms with van der Waals surface area (Å²) >= 11 is 1.67. The van der Waals surface area contributed by atoms with Crippen LogP contribution < -0.4 is 0 Å². The molecule has 0 aliphatic carbocycles. The van der Waals surface area contributed by atoms with E-state index in [-0.39, 0.29) is 30.4 Å². The van der Waals surface area contributed by atoms with Crippen LogP contribution >= 0.6 is 11.8 Å². The maximum atomic E-state index is 14.4. The van der Waals surface area contributed by atoms with Crippen molar-refractivity contribution in [3.05, 3.63) is 61.2 Å². The standard InChI is InChI=1S/C31H43N3O4S/c1-7-17-32(19-22-13-11-10-12-14-22)27(36)24-25-28(37)34(23(9-3)20-35)26(29(38)33(18-8-2)21(4)5)31(25)16-15-30(24,6)39-31/h7-8,10-14,21,23-26,35H,1-2,9,15-20H2,3-6H3/t23-,24+,25-,26?,30-,31?/m0/s1. The molecule has 3 aliphatic heterocycles. The number of benzene rings is 1. The van der Waals surface area contributed by atoms with E-state index in [4.69, 9.17) is 0 Å². The summed E-state index contributed by atoms with van der Waals surface area (Å²) in [7, 11) is 0. The van der Waals surface area contributed by atoms with E-state index in [1.165, 1.54) is 0 Å². The molecular weight excluding hydrogens is 510 g/mol. The summed E-state index contributed by atoms with van der Waals surface area (Å²) in [6.07, 6.45) is 5.39. The van der Waals surface area contributed by atoms with Crippen LogP contribution in [-0.4, -0.2) is 84.8 Å². The minimum absolute atomic E-state index is 0.0643. The lowest BCUT2D eigenvalue weighted by atomic mass is 9.66. The topological polar surface area (TPSA) is 81.2 Å². The molecule has 212 valence electrons. The summed E-state index contributed by atoms with van der Waals surface area (Å²) in [5.74, 6) is -1.54. The lowest BCUT2D eigenvalue weighted by Crippen LogP contribution is -2.58. The fourth-order valence-corrected chi connectivity index (χ4v) is 9.40. The normalized spacial score (nSPS) is 29.8. The third-order valence-electron chi connectivity index (χ3n) is 8.90. The Bertz CT molecular complexity index is 1110. The number of carbonyl (C=O) groups excluding carboxylic acids is 3. The molecule has 3 amide bonds. The molecule has 0 saturated carbocycles. The summed E-state index contributed by atoms with van der Waals surface area (Å²) in [6.45, 7) is 16.6. The Balaban J connectivity index is 1.79. The van der Waals surface area contributed by atoms with E-state index in [2.05, 4.69) is 20.1 Å². The first kappa shape index (κ1) is 29.4. The third-order valence-corrected chi connectivity index (χ3v) is 10.9. The number of aliphatic hydroxyl groups is 1. The van der Waals surface area contributed by atoms with Gasteiger partial charge in [0.05, 0.1) is 29.2 Å². The first-order chi connectivity index (χ1) is 18.6. The fourth-order valence-electron chi connectivity index (χ4n) is 7.07. The van der Waals surface area contributed by atoms with Gasteiger partial charge in [0.25, 0.3) is 0 Å². The highest BCUT2D eigenvalue weighted by Crippen LogP contribution is 2.72. The van der Waals surface area contributed by atoms with Crippen LogP contribution in [-0.2, 0) is 20.9 Å². The minimum atomic E-state index is -0.735. The number of hydrogen-bond donors (Lipinski definition) is 1. The number of aliphatic hydroxyl groups excluding tert-OH is 1. The molecule has 6 atom stereocenters. The Morgan fingerprint density at radius 3 is 2.38 bits per heavy atom. The number of thioether (sulfide) groups is 1. The molecule has 3 fully saturated rings. The van der Waals surface area contributed by atoms with Crippen molar-refractivity contribution < 1.29 is 19.5 Å². The molecule has 1 aromatic rings. The van der Waals surface area contributed by atoms with E-state index < -0.39 is 33.4 Å². The van der Waals surface area contributed by atoms with Gasteiger partial charge in [0.2, 0.25) is 17.7 Å². The van der Waals surface area contributed by atoms with Crippen molar-refractivity contribution in [2.24, 2.45) is 11.8 Å². The number of fused-ring (bicyclic) bond motifs is 1. The van der Waals surface area contributed by atoms with Gasteiger partial charge in [-0.25, -0.2) is 0 Å². The second-order valence-corrected chi connectivity index (χ2v) is 13.5. The van der Waals surface area contributed by atoms with Crippen LogP contribution in [0.5, 0.6) is 0 Å². The largest absolute Gasteiger partial charge is 0.394 e. The molecule has 2 bridgehead atoms. The van der Waals surface area contributed by atoms with Crippen molar-refractivity contribution >= 4 is 29.5 Å². The number of rotatable bonds is 12. The van der Waals surface area contributed by atoms with Crippen LogP contribution in [0, 0.1) is 11.8 Å². The smallest absolute Gasteiger partial charge is 0.247 e. The molecule has 1 aromatic carbocycles. The molecule has 1 N–H and O–H groups in total. The van der Waals surface area contributed by atoms with E-state index in [9.17, 15) is 19.5 Å². The van der Waals surface area contributed by atoms with Gasteiger partial charge in [-0.1, -0.05) is 49.4 Å². The van der Waals surface area contributed by atoms with Crippen molar-refractivity contribution in [2.45, 2.75) is 81.1 Å². The maximum absolute atomic E-state index is 14.4. The highest BCUT2D eigenvalue weighted by atomic mass is 32.2. The lowest BCUT2D eigenvalue weighted by molar-refractivity contribution is -0.148. The molecule has 3 aliphatic rings. The van der Waals surface area contributed by atoms with E-state index >= 15 is 0 Å². The molecule has 4 rings (SSSR count). The van der Waals surface area contributed by atoms with Gasteiger partial charge in [-0.05, 0) is 45.6 Å². The zero-order chi connectivity index (χ0) is 28.5. The molecule has 3 heterocycles. The highest BCUT2D eigenvalue weighted by molar-refractivity contribution is 8.02. The highest BCUT2D eigenvalue weighted by Gasteiger charge is 2.78. The van der Waals surface area contributed by atoms with Crippen LogP contribution in [0.2, 0.25) is 0 Å². The maximum Gasteiger partial charge on any atom is 0.247 e. The average molecular weight is 554 g/mol. The van der Waals surface area contributed by atoms with Crippen LogP contribution in [0.1, 0.15) is 52.5 Å². The number of hydrogen-bond acceptors (Lipinski definition) is 5. The second-order valence-electron chi connectivity index (χ2n) is 11.6. The van der Waals surface area contributed by atoms with Crippen LogP contribution in [0.3, 0.4) is 0 Å². The lowest BCUT2D eigenvalue weighted by Gasteiger charge is -2.40. The van der Waals surface area contributed by atoms with Crippen molar-refractivity contribution in [2.75, 3.05) is 19.7 Å². The first-order valence-electron chi connectivity index (χ1n) is 14.1. The van der Waals surface area contributed by atoms with Gasteiger partial charge in [0.1, 0.15) is 6.04 Å². The number of nitrogens with zero attached hydrogens (tertiary/aromatic N) is 3. The zero-order valence-electron chi connectivity index (χ0n) is 23.7. The van der Waals surface area contributed by atoms with Crippen molar-refractivity contribution in [3.8, 4) is 0 Å². The van der Waals surface area contributed by atoms with Crippen molar-refractivity contribution in [1.29, 1.82) is 0 Å². The Labute approximate surface area is 237 Å². The molecule has 1 spiro atoms. The predicted molar refractivity (Wildman–Crippen MR) is 156 cm³/mol. The molecule has 0 aromatic heterocycles. The Kier molecular flexibility index (Phi) is 8.67. The van der Waals surface area contributed by atoms with Gasteiger partial charge in [-0.3, -0.25) is 14.4 Å². The van der Waals surface area contributed by atoms with Gasteiger partial charge in [-0.15, -0.1) is 24.9 Å². The predicted octanol–water partition coefficient (Wildman–Crippen LogP) is 3.88. The monoisotopic (exact) mass is 553 g/mol. The summed E-state index contributed by atoms with van der Waals surface area (Å²) in [4.78, 5) is 48.4. The number of carbonyl (C=O) groups is 3. The Hall–Kier alpha value is -2.58. The van der Waals surface area contributed by atoms with Gasteiger partial charge < -0.3 is 19.8 Å². The van der Waals surface area contributed by atoms with Crippen molar-refractivity contribution in [3.63, 3.8) is 0 Å². The van der Waals surface area contributed by atoms with E-state index in [1.54, 1.807) is 38.6 Å². The average Bonchev–Trinajstić information content (AvgIpc) is 3.48. The number of likely N-dealkylation sites (tertiary alicyclic amines) is 1.